The second kappa shape index (κ2) is 13.1. The van der Waals surface area contributed by atoms with Gasteiger partial charge in [-0.3, -0.25) is 4.79 Å². The van der Waals surface area contributed by atoms with Gasteiger partial charge in [0, 0.05) is 6.92 Å². The molecule has 0 aromatic carbocycles. The van der Waals surface area contributed by atoms with Crippen molar-refractivity contribution in [3.63, 3.8) is 0 Å². The summed E-state index contributed by atoms with van der Waals surface area (Å²) >= 11 is 0. The van der Waals surface area contributed by atoms with Crippen molar-refractivity contribution in [2.24, 2.45) is 0 Å². The Kier molecular flexibility index (Phi) is 11.5. The minimum absolute atomic E-state index is 0.368. The maximum Gasteiger partial charge on any atom is 0.222 e. The van der Waals surface area contributed by atoms with Gasteiger partial charge in [0.05, 0.1) is 12.9 Å². The summed E-state index contributed by atoms with van der Waals surface area (Å²) in [7, 11) is 0. The molecule has 4 N–H and O–H groups in total. The monoisotopic (exact) mass is 373 g/mol. The number of aliphatic hydroxyl groups excluding tert-OH is 3. The number of allylic oxidation sites excluding steroid dienone is 1. The standard InChI is InChI=1S/C19H35NO6/c1-3-4-5-6-7-8-9-10-11-12-25-19-16(20-14(2)22)18(24)17(23)15(13-21)26-19/h11-12,15-19,21,23-24H,3-10,13H2,1-2H3,(H,20,22)/t15-,16-,17-,18-,19+/m1/s1. The molecule has 0 spiro atoms. The SMILES string of the molecule is CCCCCCCCCC=CO[C@H]1O[C@H](CO)[C@@H](O)[C@H](O)[C@H]1NC(C)=O. The molecule has 26 heavy (non-hydrogen) atoms. The van der Waals surface area contributed by atoms with Gasteiger partial charge in [-0.25, -0.2) is 0 Å². The van der Waals surface area contributed by atoms with E-state index in [0.717, 1.165) is 12.8 Å². The van der Waals surface area contributed by atoms with Crippen molar-refractivity contribution in [3.8, 4) is 0 Å². The van der Waals surface area contributed by atoms with E-state index in [-0.39, 0.29) is 5.91 Å². The fourth-order valence-corrected chi connectivity index (χ4v) is 3.01. The number of carbonyl (C=O) groups excluding carboxylic acids is 1. The van der Waals surface area contributed by atoms with Crippen molar-refractivity contribution in [2.75, 3.05) is 6.61 Å². The zero-order valence-corrected chi connectivity index (χ0v) is 16.0. The second-order valence-corrected chi connectivity index (χ2v) is 6.85. The summed E-state index contributed by atoms with van der Waals surface area (Å²) < 4.78 is 11.0. The summed E-state index contributed by atoms with van der Waals surface area (Å²) in [6.07, 6.45) is 8.38. The van der Waals surface area contributed by atoms with Gasteiger partial charge in [0.1, 0.15) is 24.4 Å². The maximum absolute atomic E-state index is 11.3. The largest absolute Gasteiger partial charge is 0.471 e. The van der Waals surface area contributed by atoms with E-state index in [1.165, 1.54) is 51.7 Å². The number of carbonyl (C=O) groups is 1. The first-order chi connectivity index (χ1) is 12.5. The topological polar surface area (TPSA) is 108 Å². The van der Waals surface area contributed by atoms with Gasteiger partial charge >= 0.3 is 0 Å². The van der Waals surface area contributed by atoms with Crippen LogP contribution in [0, 0.1) is 0 Å². The van der Waals surface area contributed by atoms with Crippen molar-refractivity contribution in [2.45, 2.75) is 95.9 Å². The van der Waals surface area contributed by atoms with Crippen LogP contribution in [0.1, 0.15) is 65.2 Å². The lowest BCUT2D eigenvalue weighted by Gasteiger charge is -2.41. The van der Waals surface area contributed by atoms with Gasteiger partial charge in [-0.1, -0.05) is 45.4 Å². The highest BCUT2D eigenvalue weighted by Gasteiger charge is 2.45. The molecule has 7 nitrogen and oxygen atoms in total. The van der Waals surface area contributed by atoms with Gasteiger partial charge < -0.3 is 30.1 Å². The highest BCUT2D eigenvalue weighted by molar-refractivity contribution is 5.73. The molecule has 7 heteroatoms. The number of rotatable bonds is 12. The molecule has 0 saturated carbocycles. The average Bonchev–Trinajstić information content (AvgIpc) is 2.62. The van der Waals surface area contributed by atoms with Gasteiger partial charge in [-0.15, -0.1) is 0 Å². The molecule has 1 aliphatic heterocycles. The van der Waals surface area contributed by atoms with Gasteiger partial charge in [-0.05, 0) is 18.9 Å². The Balaban J connectivity index is 2.37. The Hall–Kier alpha value is -1.15. The highest BCUT2D eigenvalue weighted by Crippen LogP contribution is 2.22. The first-order valence-electron chi connectivity index (χ1n) is 9.71. The molecule has 0 bridgehead atoms. The van der Waals surface area contributed by atoms with Gasteiger partial charge in [-0.2, -0.15) is 0 Å². The number of hydrogen-bond donors (Lipinski definition) is 4. The van der Waals surface area contributed by atoms with Crippen LogP contribution in [0.2, 0.25) is 0 Å². The molecule has 1 amide bonds. The Labute approximate surface area is 156 Å². The Morgan fingerprint density at radius 2 is 1.77 bits per heavy atom. The fraction of sp³-hybridized carbons (Fsp3) is 0.842. The van der Waals surface area contributed by atoms with E-state index in [2.05, 4.69) is 12.2 Å². The Morgan fingerprint density at radius 3 is 2.38 bits per heavy atom. The van der Waals surface area contributed by atoms with Gasteiger partial charge in [0.25, 0.3) is 0 Å². The van der Waals surface area contributed by atoms with Crippen molar-refractivity contribution in [1.29, 1.82) is 0 Å². The predicted octanol–water partition coefficient (Wildman–Crippen LogP) is 1.60. The molecule has 0 radical (unpaired) electrons. The molecule has 1 heterocycles. The molecule has 1 saturated heterocycles. The molecule has 1 rings (SSSR count). The van der Waals surface area contributed by atoms with E-state index >= 15 is 0 Å². The van der Waals surface area contributed by atoms with E-state index in [4.69, 9.17) is 9.47 Å². The molecular formula is C19H35NO6. The third-order valence-electron chi connectivity index (χ3n) is 4.53. The number of ether oxygens (including phenoxy) is 2. The van der Waals surface area contributed by atoms with Crippen molar-refractivity contribution in [1.82, 2.24) is 5.32 Å². The molecule has 0 aliphatic carbocycles. The Bertz CT molecular complexity index is 417. The molecule has 0 unspecified atom stereocenters. The summed E-state index contributed by atoms with van der Waals surface area (Å²) in [5, 5.41) is 31.9. The van der Waals surface area contributed by atoms with Crippen LogP contribution in [0.4, 0.5) is 0 Å². The summed E-state index contributed by atoms with van der Waals surface area (Å²) in [5.74, 6) is -0.368. The van der Waals surface area contributed by atoms with Gasteiger partial charge in [0.2, 0.25) is 12.2 Å². The molecule has 1 aliphatic rings. The lowest BCUT2D eigenvalue weighted by atomic mass is 9.97. The van der Waals surface area contributed by atoms with Crippen molar-refractivity contribution < 1.29 is 29.6 Å². The van der Waals surface area contributed by atoms with Crippen LogP contribution < -0.4 is 5.32 Å². The summed E-state index contributed by atoms with van der Waals surface area (Å²) in [4.78, 5) is 11.3. The molecule has 0 aromatic rings. The highest BCUT2D eigenvalue weighted by atomic mass is 16.7. The van der Waals surface area contributed by atoms with Crippen LogP contribution in [-0.2, 0) is 14.3 Å². The van der Waals surface area contributed by atoms with Crippen LogP contribution >= 0.6 is 0 Å². The lowest BCUT2D eigenvalue weighted by Crippen LogP contribution is -2.64. The van der Waals surface area contributed by atoms with E-state index in [0.29, 0.717) is 0 Å². The normalized spacial score (nSPS) is 29.0. The zero-order valence-electron chi connectivity index (χ0n) is 16.0. The number of hydrogen-bond acceptors (Lipinski definition) is 6. The van der Waals surface area contributed by atoms with E-state index in [9.17, 15) is 20.1 Å². The van der Waals surface area contributed by atoms with E-state index in [1.807, 2.05) is 6.08 Å². The average molecular weight is 373 g/mol. The van der Waals surface area contributed by atoms with Crippen LogP contribution in [0.25, 0.3) is 0 Å². The third kappa shape index (κ3) is 8.03. The van der Waals surface area contributed by atoms with E-state index in [1.54, 1.807) is 0 Å². The molecule has 1 fully saturated rings. The lowest BCUT2D eigenvalue weighted by molar-refractivity contribution is -0.255. The van der Waals surface area contributed by atoms with Crippen LogP contribution in [-0.4, -0.2) is 58.5 Å². The molecule has 5 atom stereocenters. The number of aliphatic hydroxyl groups is 3. The Morgan fingerprint density at radius 1 is 1.12 bits per heavy atom. The zero-order chi connectivity index (χ0) is 19.4. The van der Waals surface area contributed by atoms with Gasteiger partial charge in [0.15, 0.2) is 0 Å². The van der Waals surface area contributed by atoms with E-state index < -0.39 is 37.3 Å². The first-order valence-corrected chi connectivity index (χ1v) is 9.71. The first kappa shape index (κ1) is 22.9. The molecular weight excluding hydrogens is 338 g/mol. The smallest absolute Gasteiger partial charge is 0.222 e. The second-order valence-electron chi connectivity index (χ2n) is 6.85. The summed E-state index contributed by atoms with van der Waals surface area (Å²) in [6.45, 7) is 3.07. The van der Waals surface area contributed by atoms with Crippen molar-refractivity contribution in [3.05, 3.63) is 12.3 Å². The minimum Gasteiger partial charge on any atom is -0.471 e. The van der Waals surface area contributed by atoms with Crippen LogP contribution in [0.15, 0.2) is 12.3 Å². The minimum atomic E-state index is -1.30. The third-order valence-corrected chi connectivity index (χ3v) is 4.53. The quantitative estimate of drug-likeness (QED) is 0.306. The summed E-state index contributed by atoms with van der Waals surface area (Å²) in [5.41, 5.74) is 0. The van der Waals surface area contributed by atoms with Crippen LogP contribution in [0.5, 0.6) is 0 Å². The van der Waals surface area contributed by atoms with Crippen molar-refractivity contribution >= 4 is 5.91 Å². The molecule has 0 aromatic heterocycles. The molecule has 152 valence electrons. The maximum atomic E-state index is 11.3. The predicted molar refractivity (Wildman–Crippen MR) is 98.2 cm³/mol. The number of nitrogens with one attached hydrogen (secondary N) is 1. The fourth-order valence-electron chi connectivity index (χ4n) is 3.01. The van der Waals surface area contributed by atoms with Crippen LogP contribution in [0.3, 0.4) is 0 Å². The summed E-state index contributed by atoms with van der Waals surface area (Å²) in [6, 6.07) is -0.909. The number of amides is 1. The number of unbranched alkanes of at least 4 members (excludes halogenated alkanes) is 7.